The van der Waals surface area contributed by atoms with Gasteiger partial charge in [0.25, 0.3) is 0 Å². The number of carbonyl (C=O) groups is 2. The molecule has 2 amide bonds. The molecule has 2 aromatic rings. The lowest BCUT2D eigenvalue weighted by Crippen LogP contribution is -2.60. The summed E-state index contributed by atoms with van der Waals surface area (Å²) < 4.78 is 11.3. The van der Waals surface area contributed by atoms with Gasteiger partial charge in [-0.15, -0.1) is 0 Å². The van der Waals surface area contributed by atoms with Crippen LogP contribution in [-0.4, -0.2) is 67.9 Å². The maximum Gasteiger partial charge on any atom is 0.412 e. The third-order valence-electron chi connectivity index (χ3n) is 7.44. The maximum atomic E-state index is 12.8. The Morgan fingerprint density at radius 1 is 0.647 bits per heavy atom. The number of cyclic esters (lactones) is 2. The molecule has 0 bridgehead atoms. The van der Waals surface area contributed by atoms with Crippen LogP contribution >= 0.6 is 0 Å². The maximum absolute atomic E-state index is 12.8. The summed E-state index contributed by atoms with van der Waals surface area (Å²) in [6, 6.07) is 18.9. The first-order valence-corrected chi connectivity index (χ1v) is 11.4. The van der Waals surface area contributed by atoms with Crippen molar-refractivity contribution in [1.29, 1.82) is 0 Å². The minimum Gasteiger partial charge on any atom is -0.438 e. The van der Waals surface area contributed by atoms with Crippen molar-refractivity contribution in [2.24, 2.45) is 0 Å². The van der Waals surface area contributed by atoms with Crippen LogP contribution in [0.4, 0.5) is 9.59 Å². The number of ether oxygens (including phenoxy) is 2. The van der Waals surface area contributed by atoms with E-state index in [4.69, 9.17) is 9.47 Å². The van der Waals surface area contributed by atoms with E-state index in [9.17, 15) is 19.8 Å². The van der Waals surface area contributed by atoms with Gasteiger partial charge < -0.3 is 19.7 Å². The van der Waals surface area contributed by atoms with Gasteiger partial charge in [0, 0.05) is 25.9 Å². The summed E-state index contributed by atoms with van der Waals surface area (Å²) in [6.07, 6.45) is -0.714. The van der Waals surface area contributed by atoms with Crippen molar-refractivity contribution in [3.8, 4) is 0 Å². The highest BCUT2D eigenvalue weighted by Gasteiger charge is 2.61. The van der Waals surface area contributed by atoms with Crippen LogP contribution in [0.2, 0.25) is 0 Å². The van der Waals surface area contributed by atoms with Gasteiger partial charge in [0.15, 0.2) is 22.7 Å². The fourth-order valence-corrected chi connectivity index (χ4v) is 4.81. The van der Waals surface area contributed by atoms with Crippen LogP contribution in [-0.2, 0) is 22.3 Å². The number of carbonyl (C=O) groups excluding carboxylic acids is 2. The standard InChI is InChI=1S/C26H32N2O6/c1-23(17-19-11-7-5-8-12-19)25(3,31)27(21(29)33-23)15-16-28-22(30)34-24(2,26(28,4)32)18-20-13-9-6-10-14-20/h5-14,31-32H,15-18H2,1-4H3/t23-,24-,25-,26+/m1/s1. The summed E-state index contributed by atoms with van der Waals surface area (Å²) in [7, 11) is 0. The molecule has 2 aromatic carbocycles. The lowest BCUT2D eigenvalue weighted by molar-refractivity contribution is -0.148. The zero-order valence-corrected chi connectivity index (χ0v) is 20.0. The average Bonchev–Trinajstić information content (AvgIpc) is 3.03. The van der Waals surface area contributed by atoms with Crippen LogP contribution in [0.25, 0.3) is 0 Å². The Hall–Kier alpha value is -3.10. The van der Waals surface area contributed by atoms with Crippen LogP contribution in [0.5, 0.6) is 0 Å². The normalized spacial score (nSPS) is 33.2. The van der Waals surface area contributed by atoms with Crippen molar-refractivity contribution in [2.45, 2.75) is 63.2 Å². The molecule has 0 aromatic heterocycles. The first kappa shape index (κ1) is 24.0. The van der Waals surface area contributed by atoms with E-state index < -0.39 is 34.8 Å². The molecule has 2 N–H and O–H groups in total. The Morgan fingerprint density at radius 2 is 0.971 bits per heavy atom. The van der Waals surface area contributed by atoms with E-state index in [2.05, 4.69) is 0 Å². The third kappa shape index (κ3) is 3.91. The topological polar surface area (TPSA) is 99.5 Å². The van der Waals surface area contributed by atoms with E-state index in [0.29, 0.717) is 12.8 Å². The summed E-state index contributed by atoms with van der Waals surface area (Å²) in [5.41, 5.74) is -3.82. The minimum absolute atomic E-state index is 0.0388. The molecule has 34 heavy (non-hydrogen) atoms. The molecule has 2 fully saturated rings. The lowest BCUT2D eigenvalue weighted by Gasteiger charge is -2.40. The largest absolute Gasteiger partial charge is 0.438 e. The molecule has 2 aliphatic rings. The van der Waals surface area contributed by atoms with Crippen molar-refractivity contribution < 1.29 is 29.3 Å². The Kier molecular flexibility index (Phi) is 5.86. The first-order chi connectivity index (χ1) is 15.9. The predicted octanol–water partition coefficient (Wildman–Crippen LogP) is 3.31. The van der Waals surface area contributed by atoms with Gasteiger partial charge >= 0.3 is 12.2 Å². The molecule has 0 spiro atoms. The molecule has 4 rings (SSSR count). The van der Waals surface area contributed by atoms with Gasteiger partial charge in [0.2, 0.25) is 0 Å². The number of benzene rings is 2. The van der Waals surface area contributed by atoms with Crippen molar-refractivity contribution in [3.63, 3.8) is 0 Å². The summed E-state index contributed by atoms with van der Waals surface area (Å²) in [4.78, 5) is 27.9. The van der Waals surface area contributed by atoms with Crippen molar-refractivity contribution in [3.05, 3.63) is 71.8 Å². The number of nitrogens with zero attached hydrogens (tertiary/aromatic N) is 2. The van der Waals surface area contributed by atoms with Crippen molar-refractivity contribution in [2.75, 3.05) is 13.1 Å². The summed E-state index contributed by atoms with van der Waals surface area (Å²) in [5, 5.41) is 22.7. The summed E-state index contributed by atoms with van der Waals surface area (Å²) in [5.74, 6) is 0. The number of hydrogen-bond donors (Lipinski definition) is 2. The second kappa shape index (κ2) is 8.29. The molecule has 0 radical (unpaired) electrons. The second-order valence-electron chi connectivity index (χ2n) is 9.87. The third-order valence-corrected chi connectivity index (χ3v) is 7.44. The highest BCUT2D eigenvalue weighted by Crippen LogP contribution is 2.42. The number of amides is 2. The van der Waals surface area contributed by atoms with Crippen molar-refractivity contribution in [1.82, 2.24) is 9.80 Å². The van der Waals surface area contributed by atoms with Crippen LogP contribution in [0, 0.1) is 0 Å². The molecule has 2 heterocycles. The van der Waals surface area contributed by atoms with Gasteiger partial charge in [0.05, 0.1) is 0 Å². The Labute approximate surface area is 199 Å². The molecular weight excluding hydrogens is 436 g/mol. The fourth-order valence-electron chi connectivity index (χ4n) is 4.81. The molecule has 2 aliphatic heterocycles. The fraction of sp³-hybridized carbons (Fsp3) is 0.462. The van der Waals surface area contributed by atoms with Crippen molar-refractivity contribution >= 4 is 12.2 Å². The zero-order chi connectivity index (χ0) is 24.8. The van der Waals surface area contributed by atoms with Crippen LogP contribution in [0.15, 0.2) is 60.7 Å². The second-order valence-corrected chi connectivity index (χ2v) is 9.87. The molecule has 4 atom stereocenters. The summed E-state index contributed by atoms with van der Waals surface area (Å²) in [6.45, 7) is 6.36. The predicted molar refractivity (Wildman–Crippen MR) is 125 cm³/mol. The number of rotatable bonds is 7. The van der Waals surface area contributed by atoms with E-state index in [1.165, 1.54) is 23.6 Å². The monoisotopic (exact) mass is 468 g/mol. The Bertz CT molecular complexity index is 972. The van der Waals surface area contributed by atoms with Gasteiger partial charge in [-0.05, 0) is 38.8 Å². The van der Waals surface area contributed by atoms with E-state index in [1.54, 1.807) is 13.8 Å². The highest BCUT2D eigenvalue weighted by atomic mass is 16.6. The van der Waals surface area contributed by atoms with Crippen LogP contribution in [0.3, 0.4) is 0 Å². The zero-order valence-electron chi connectivity index (χ0n) is 20.0. The SMILES string of the molecule is C[C@]1(Cc2ccccc2)OC(=O)N(CCN2C(=O)O[C@](C)(Cc3ccccc3)[C@]2(C)O)[C@]1(C)O. The molecule has 2 saturated heterocycles. The van der Waals surface area contributed by atoms with Gasteiger partial charge in [0.1, 0.15) is 0 Å². The lowest BCUT2D eigenvalue weighted by atomic mass is 9.86. The van der Waals surface area contributed by atoms with E-state index in [1.807, 2.05) is 60.7 Å². The molecule has 182 valence electrons. The van der Waals surface area contributed by atoms with Crippen LogP contribution in [0.1, 0.15) is 38.8 Å². The molecule has 8 nitrogen and oxygen atoms in total. The van der Waals surface area contributed by atoms with Crippen LogP contribution < -0.4 is 0 Å². The number of hydrogen-bond acceptors (Lipinski definition) is 6. The van der Waals surface area contributed by atoms with Gasteiger partial charge in [-0.25, -0.2) is 9.59 Å². The summed E-state index contributed by atoms with van der Waals surface area (Å²) >= 11 is 0. The Balaban J connectivity index is 1.49. The van der Waals surface area contributed by atoms with Gasteiger partial charge in [-0.2, -0.15) is 0 Å². The highest BCUT2D eigenvalue weighted by molar-refractivity contribution is 5.74. The molecule has 0 unspecified atom stereocenters. The smallest absolute Gasteiger partial charge is 0.412 e. The van der Waals surface area contributed by atoms with E-state index in [0.717, 1.165) is 11.1 Å². The van der Waals surface area contributed by atoms with Gasteiger partial charge in [-0.3, -0.25) is 9.80 Å². The minimum atomic E-state index is -1.64. The van der Waals surface area contributed by atoms with E-state index in [-0.39, 0.29) is 13.1 Å². The molecule has 0 saturated carbocycles. The first-order valence-electron chi connectivity index (χ1n) is 11.4. The number of aliphatic hydroxyl groups is 2. The van der Waals surface area contributed by atoms with Gasteiger partial charge in [-0.1, -0.05) is 60.7 Å². The average molecular weight is 469 g/mol. The molecular formula is C26H32N2O6. The Morgan fingerprint density at radius 3 is 1.29 bits per heavy atom. The molecule has 8 heteroatoms. The molecule has 0 aliphatic carbocycles. The van der Waals surface area contributed by atoms with E-state index >= 15 is 0 Å². The quantitative estimate of drug-likeness (QED) is 0.647.